The molecule has 0 radical (unpaired) electrons. The number of hydrogen-bond donors (Lipinski definition) is 2. The number of aromatic nitrogens is 3. The molecular weight excluding hydrogens is 386 g/mol. The Morgan fingerprint density at radius 1 is 0.967 bits per heavy atom. The third-order valence-electron chi connectivity index (χ3n) is 5.76. The number of nitrogen functional groups attached to an aromatic ring is 1. The van der Waals surface area contributed by atoms with Crippen LogP contribution in [0.4, 0.5) is 20.3 Å². The zero-order valence-electron chi connectivity index (χ0n) is 16.4. The highest BCUT2D eigenvalue weighted by atomic mass is 19.2. The third kappa shape index (κ3) is 3.43. The number of anilines is 2. The van der Waals surface area contributed by atoms with E-state index in [1.807, 2.05) is 18.2 Å². The van der Waals surface area contributed by atoms with E-state index in [4.69, 9.17) is 5.73 Å². The van der Waals surface area contributed by atoms with E-state index in [1.165, 1.54) is 12.1 Å². The number of nitrogens with two attached hydrogens (primary N) is 1. The van der Waals surface area contributed by atoms with Gasteiger partial charge in [-0.3, -0.25) is 4.90 Å². The van der Waals surface area contributed by atoms with Crippen molar-refractivity contribution in [3.05, 3.63) is 59.9 Å². The van der Waals surface area contributed by atoms with Gasteiger partial charge in [-0.2, -0.15) is 0 Å². The minimum atomic E-state index is -0.803. The number of rotatable bonds is 4. The Kier molecular flexibility index (Phi) is 4.71. The Bertz CT molecular complexity index is 1210. The van der Waals surface area contributed by atoms with Gasteiger partial charge in [-0.15, -0.1) is 0 Å². The Hall–Kier alpha value is -3.26. The monoisotopic (exact) mass is 408 g/mol. The van der Waals surface area contributed by atoms with Crippen molar-refractivity contribution in [1.29, 1.82) is 0 Å². The zero-order valence-corrected chi connectivity index (χ0v) is 16.4. The van der Waals surface area contributed by atoms with Crippen LogP contribution in [0.2, 0.25) is 0 Å². The predicted octanol–water partition coefficient (Wildman–Crippen LogP) is 3.34. The molecule has 0 atom stereocenters. The molecule has 5 rings (SSSR count). The number of halogens is 2. The van der Waals surface area contributed by atoms with Crippen molar-refractivity contribution in [2.45, 2.75) is 6.42 Å². The number of benzene rings is 2. The van der Waals surface area contributed by atoms with Crippen LogP contribution in [0.3, 0.4) is 0 Å². The summed E-state index contributed by atoms with van der Waals surface area (Å²) in [5.74, 6) is -0.691. The molecule has 1 aliphatic rings. The second-order valence-electron chi connectivity index (χ2n) is 7.68. The summed E-state index contributed by atoms with van der Waals surface area (Å²) < 4.78 is 26.5. The number of hydrogen-bond acceptors (Lipinski definition) is 5. The first-order valence-electron chi connectivity index (χ1n) is 10.0. The molecule has 1 saturated heterocycles. The van der Waals surface area contributed by atoms with Crippen molar-refractivity contribution in [3.8, 4) is 0 Å². The molecule has 0 bridgehead atoms. The second kappa shape index (κ2) is 7.53. The van der Waals surface area contributed by atoms with Crippen LogP contribution in [0.15, 0.2) is 42.7 Å². The van der Waals surface area contributed by atoms with E-state index in [-0.39, 0.29) is 0 Å². The highest BCUT2D eigenvalue weighted by Gasteiger charge is 2.21. The topological polar surface area (TPSA) is 74.1 Å². The first-order chi connectivity index (χ1) is 14.6. The second-order valence-corrected chi connectivity index (χ2v) is 7.68. The maximum Gasteiger partial charge on any atom is 0.159 e. The molecule has 30 heavy (non-hydrogen) atoms. The van der Waals surface area contributed by atoms with Gasteiger partial charge in [0.1, 0.15) is 17.4 Å². The van der Waals surface area contributed by atoms with Crippen LogP contribution in [0.5, 0.6) is 0 Å². The van der Waals surface area contributed by atoms with E-state index in [9.17, 15) is 8.78 Å². The van der Waals surface area contributed by atoms with E-state index in [0.717, 1.165) is 66.0 Å². The average Bonchev–Trinajstić information content (AvgIpc) is 3.13. The Labute approximate surface area is 172 Å². The smallest absolute Gasteiger partial charge is 0.159 e. The van der Waals surface area contributed by atoms with Gasteiger partial charge < -0.3 is 15.6 Å². The van der Waals surface area contributed by atoms with Gasteiger partial charge in [-0.1, -0.05) is 6.07 Å². The van der Waals surface area contributed by atoms with Crippen molar-refractivity contribution in [1.82, 2.24) is 19.9 Å². The first-order valence-corrected chi connectivity index (χ1v) is 10.0. The van der Waals surface area contributed by atoms with E-state index in [1.54, 1.807) is 12.4 Å². The summed E-state index contributed by atoms with van der Waals surface area (Å²) in [6.45, 7) is 4.23. The largest absolute Gasteiger partial charge is 0.399 e. The zero-order chi connectivity index (χ0) is 20.7. The molecule has 0 saturated carbocycles. The fraction of sp³-hybridized carbons (Fsp3) is 0.273. The molecule has 8 heteroatoms. The molecule has 3 heterocycles. The average molecular weight is 408 g/mol. The van der Waals surface area contributed by atoms with Crippen LogP contribution in [0.25, 0.3) is 21.9 Å². The molecule has 0 amide bonds. The Balaban J connectivity index is 1.29. The van der Waals surface area contributed by atoms with Gasteiger partial charge in [-0.25, -0.2) is 18.7 Å². The fourth-order valence-electron chi connectivity index (χ4n) is 4.10. The molecule has 2 aromatic heterocycles. The summed E-state index contributed by atoms with van der Waals surface area (Å²) in [5.41, 5.74) is 10.3. The summed E-state index contributed by atoms with van der Waals surface area (Å²) in [4.78, 5) is 17.0. The van der Waals surface area contributed by atoms with Crippen molar-refractivity contribution in [2.75, 3.05) is 43.4 Å². The molecule has 2 aromatic carbocycles. The lowest BCUT2D eigenvalue weighted by atomic mass is 10.1. The maximum absolute atomic E-state index is 13.4. The van der Waals surface area contributed by atoms with E-state index < -0.39 is 11.6 Å². The van der Waals surface area contributed by atoms with Gasteiger partial charge in [-0.05, 0) is 42.3 Å². The molecule has 4 aromatic rings. The van der Waals surface area contributed by atoms with Crippen molar-refractivity contribution in [3.63, 3.8) is 0 Å². The van der Waals surface area contributed by atoms with E-state index >= 15 is 0 Å². The SMILES string of the molecule is Nc1ccc2[nH]c3c(N4CCN(CCc5ccc(F)c(F)c5)CC4)ncnc3c2c1. The van der Waals surface area contributed by atoms with Crippen LogP contribution < -0.4 is 10.6 Å². The summed E-state index contributed by atoms with van der Waals surface area (Å²) in [6.07, 6.45) is 2.29. The van der Waals surface area contributed by atoms with Crippen LogP contribution in [0, 0.1) is 11.6 Å². The molecule has 1 fully saturated rings. The van der Waals surface area contributed by atoms with Crippen LogP contribution in [-0.4, -0.2) is 52.6 Å². The molecule has 0 aliphatic carbocycles. The van der Waals surface area contributed by atoms with Gasteiger partial charge in [0.2, 0.25) is 0 Å². The quantitative estimate of drug-likeness (QED) is 0.507. The van der Waals surface area contributed by atoms with Gasteiger partial charge in [0.25, 0.3) is 0 Å². The highest BCUT2D eigenvalue weighted by molar-refractivity contribution is 6.09. The van der Waals surface area contributed by atoms with Crippen LogP contribution >= 0.6 is 0 Å². The molecule has 0 spiro atoms. The molecule has 3 N–H and O–H groups in total. The van der Waals surface area contributed by atoms with Crippen LogP contribution in [0.1, 0.15) is 5.56 Å². The fourth-order valence-corrected chi connectivity index (χ4v) is 4.10. The third-order valence-corrected chi connectivity index (χ3v) is 5.76. The number of aromatic amines is 1. The van der Waals surface area contributed by atoms with Crippen molar-refractivity contribution < 1.29 is 8.78 Å². The lowest BCUT2D eigenvalue weighted by Gasteiger charge is -2.35. The maximum atomic E-state index is 13.4. The number of piperazine rings is 1. The van der Waals surface area contributed by atoms with E-state index in [2.05, 4.69) is 24.8 Å². The van der Waals surface area contributed by atoms with Crippen molar-refractivity contribution >= 4 is 33.4 Å². The molecule has 1 aliphatic heterocycles. The van der Waals surface area contributed by atoms with Gasteiger partial charge in [0.15, 0.2) is 17.5 Å². The van der Waals surface area contributed by atoms with Gasteiger partial charge in [0.05, 0.1) is 0 Å². The molecule has 154 valence electrons. The minimum absolute atomic E-state index is 0.693. The van der Waals surface area contributed by atoms with Gasteiger partial charge >= 0.3 is 0 Å². The number of nitrogens with zero attached hydrogens (tertiary/aromatic N) is 4. The van der Waals surface area contributed by atoms with E-state index in [0.29, 0.717) is 12.1 Å². The van der Waals surface area contributed by atoms with Crippen molar-refractivity contribution in [2.24, 2.45) is 0 Å². The lowest BCUT2D eigenvalue weighted by molar-refractivity contribution is 0.260. The Morgan fingerprint density at radius 3 is 2.60 bits per heavy atom. The minimum Gasteiger partial charge on any atom is -0.399 e. The molecule has 0 unspecified atom stereocenters. The summed E-state index contributed by atoms with van der Waals surface area (Å²) in [6, 6.07) is 9.89. The lowest BCUT2D eigenvalue weighted by Crippen LogP contribution is -2.47. The predicted molar refractivity (Wildman–Crippen MR) is 115 cm³/mol. The molecular formula is C22H22F2N6. The summed E-state index contributed by atoms with van der Waals surface area (Å²) >= 11 is 0. The van der Waals surface area contributed by atoms with Crippen LogP contribution in [-0.2, 0) is 6.42 Å². The van der Waals surface area contributed by atoms with Gasteiger partial charge in [0, 0.05) is 49.3 Å². The number of fused-ring (bicyclic) bond motifs is 3. The summed E-state index contributed by atoms with van der Waals surface area (Å²) in [7, 11) is 0. The number of H-pyrrole nitrogens is 1. The summed E-state index contributed by atoms with van der Waals surface area (Å²) in [5, 5.41) is 0.999. The standard InChI is InChI=1S/C22H22F2N6/c23-17-3-1-14(11-18(17)24)5-6-29-7-9-30(10-8-29)22-21-20(26-13-27-22)16-12-15(25)2-4-19(16)28-21/h1-4,11-13,28H,5-10,25H2. The Morgan fingerprint density at radius 2 is 1.80 bits per heavy atom. The highest BCUT2D eigenvalue weighted by Crippen LogP contribution is 2.30. The molecule has 6 nitrogen and oxygen atoms in total. The first kappa shape index (κ1) is 18.7. The number of nitrogens with one attached hydrogen (secondary N) is 1. The normalized spacial score (nSPS) is 15.3.